The van der Waals surface area contributed by atoms with E-state index in [1.165, 1.54) is 12.1 Å². The molecule has 160 valence electrons. The molecule has 2 aliphatic rings. The van der Waals surface area contributed by atoms with Gasteiger partial charge in [0.1, 0.15) is 16.9 Å². The van der Waals surface area contributed by atoms with Crippen molar-refractivity contribution in [2.45, 2.75) is 56.8 Å². The van der Waals surface area contributed by atoms with E-state index < -0.39 is 27.0 Å². The smallest absolute Gasteiger partial charge is 0.267 e. The maximum absolute atomic E-state index is 14.7. The minimum absolute atomic E-state index is 0.133. The molecule has 1 aromatic heterocycles. The van der Waals surface area contributed by atoms with E-state index in [0.717, 1.165) is 25.7 Å². The lowest BCUT2D eigenvalue weighted by Crippen LogP contribution is -2.41. The van der Waals surface area contributed by atoms with Gasteiger partial charge in [-0.25, -0.2) is 22.5 Å². The van der Waals surface area contributed by atoms with E-state index in [0.29, 0.717) is 40.4 Å². The molecule has 1 amide bonds. The highest BCUT2D eigenvalue weighted by atomic mass is 35.5. The summed E-state index contributed by atoms with van der Waals surface area (Å²) in [6.07, 6.45) is 6.59. The lowest BCUT2D eigenvalue weighted by atomic mass is 9.96. The summed E-state index contributed by atoms with van der Waals surface area (Å²) < 4.78 is 46.8. The number of amides is 1. The van der Waals surface area contributed by atoms with Crippen LogP contribution >= 0.6 is 11.6 Å². The summed E-state index contributed by atoms with van der Waals surface area (Å²) in [5, 5.41) is -0.258. The second-order valence-electron chi connectivity index (χ2n) is 7.86. The minimum atomic E-state index is -3.79. The third-order valence-electron chi connectivity index (χ3n) is 5.73. The van der Waals surface area contributed by atoms with E-state index in [1.807, 2.05) is 4.72 Å². The van der Waals surface area contributed by atoms with E-state index >= 15 is 0 Å². The lowest BCUT2D eigenvalue weighted by Gasteiger charge is -2.26. The van der Waals surface area contributed by atoms with Gasteiger partial charge < -0.3 is 4.74 Å². The molecule has 0 bridgehead atoms. The number of halogens is 2. The monoisotopic (exact) mass is 452 g/mol. The topological polar surface area (TPSA) is 85.4 Å². The van der Waals surface area contributed by atoms with Crippen LogP contribution in [0.15, 0.2) is 24.4 Å². The van der Waals surface area contributed by atoms with Crippen LogP contribution in [0.5, 0.6) is 5.88 Å². The van der Waals surface area contributed by atoms with E-state index in [1.54, 1.807) is 19.2 Å². The Labute approximate surface area is 179 Å². The van der Waals surface area contributed by atoms with Gasteiger partial charge in [0.25, 0.3) is 5.91 Å². The molecule has 30 heavy (non-hydrogen) atoms. The van der Waals surface area contributed by atoms with Gasteiger partial charge in [-0.15, -0.1) is 0 Å². The van der Waals surface area contributed by atoms with Crippen LogP contribution in [0.1, 0.15) is 54.4 Å². The molecule has 1 aromatic carbocycles. The average Bonchev–Trinajstić information content (AvgIpc) is 2.58. The first-order valence-corrected chi connectivity index (χ1v) is 11.9. The number of benzene rings is 1. The Morgan fingerprint density at radius 2 is 1.90 bits per heavy atom. The first kappa shape index (κ1) is 21.1. The Balaban J connectivity index is 1.56. The number of aromatic nitrogens is 1. The molecule has 4 rings (SSSR count). The molecule has 1 N–H and O–H groups in total. The largest absolute Gasteiger partial charge is 0.473 e. The van der Waals surface area contributed by atoms with Crippen molar-refractivity contribution in [3.63, 3.8) is 0 Å². The molecular weight excluding hydrogens is 431 g/mol. The van der Waals surface area contributed by atoms with Gasteiger partial charge in [0.15, 0.2) is 0 Å². The van der Waals surface area contributed by atoms with E-state index in [-0.39, 0.29) is 11.7 Å². The van der Waals surface area contributed by atoms with Crippen LogP contribution in [0.4, 0.5) is 4.39 Å². The van der Waals surface area contributed by atoms with Crippen molar-refractivity contribution >= 4 is 27.5 Å². The number of sulfonamides is 1. The normalized spacial score (nSPS) is 17.2. The number of carbonyl (C=O) groups excluding carboxylic acids is 1. The quantitative estimate of drug-likeness (QED) is 0.702. The summed E-state index contributed by atoms with van der Waals surface area (Å²) in [6.45, 7) is 1.71. The van der Waals surface area contributed by atoms with Crippen molar-refractivity contribution in [2.75, 3.05) is 0 Å². The molecule has 0 aliphatic heterocycles. The first-order valence-electron chi connectivity index (χ1n) is 9.93. The molecule has 0 radical (unpaired) electrons. The third kappa shape index (κ3) is 4.16. The van der Waals surface area contributed by atoms with Gasteiger partial charge >= 0.3 is 0 Å². The van der Waals surface area contributed by atoms with Crippen LogP contribution in [-0.4, -0.2) is 30.7 Å². The predicted molar refractivity (Wildman–Crippen MR) is 112 cm³/mol. The highest BCUT2D eigenvalue weighted by Crippen LogP contribution is 2.34. The van der Waals surface area contributed by atoms with Gasteiger partial charge in [0.05, 0.1) is 10.8 Å². The number of ether oxygens (including phenoxy) is 1. The zero-order valence-electron chi connectivity index (χ0n) is 16.5. The molecule has 2 aliphatic carbocycles. The van der Waals surface area contributed by atoms with Crippen LogP contribution in [0.2, 0.25) is 5.02 Å². The van der Waals surface area contributed by atoms with Crippen LogP contribution in [-0.2, 0) is 10.0 Å². The summed E-state index contributed by atoms with van der Waals surface area (Å²) in [5.41, 5.74) is 1.36. The third-order valence-corrected chi connectivity index (χ3v) is 7.82. The van der Waals surface area contributed by atoms with E-state index in [4.69, 9.17) is 16.3 Å². The molecule has 1 heterocycles. The Morgan fingerprint density at radius 1 is 1.20 bits per heavy atom. The molecule has 9 heteroatoms. The van der Waals surface area contributed by atoms with Crippen molar-refractivity contribution in [3.05, 3.63) is 46.4 Å². The van der Waals surface area contributed by atoms with Crippen molar-refractivity contribution < 1.29 is 22.3 Å². The lowest BCUT2D eigenvalue weighted by molar-refractivity contribution is 0.0976. The number of nitrogens with zero attached hydrogens (tertiary/aromatic N) is 1. The van der Waals surface area contributed by atoms with Crippen LogP contribution in [0.25, 0.3) is 11.1 Å². The van der Waals surface area contributed by atoms with Crippen LogP contribution in [0.3, 0.4) is 0 Å². The minimum Gasteiger partial charge on any atom is -0.473 e. The highest BCUT2D eigenvalue weighted by molar-refractivity contribution is 7.90. The highest BCUT2D eigenvalue weighted by Gasteiger charge is 2.33. The van der Waals surface area contributed by atoms with Gasteiger partial charge in [0, 0.05) is 11.8 Å². The zero-order chi connectivity index (χ0) is 21.5. The van der Waals surface area contributed by atoms with Crippen LogP contribution < -0.4 is 9.46 Å². The molecular formula is C21H22ClFN2O4S. The van der Waals surface area contributed by atoms with Crippen molar-refractivity contribution in [3.8, 4) is 17.0 Å². The van der Waals surface area contributed by atoms with Crippen molar-refractivity contribution in [2.24, 2.45) is 0 Å². The second-order valence-corrected chi connectivity index (χ2v) is 10.2. The number of pyridine rings is 1. The summed E-state index contributed by atoms with van der Waals surface area (Å²) >= 11 is 6.29. The first-order chi connectivity index (χ1) is 14.2. The standard InChI is InChI=1S/C21H22ClFN2O4S/c1-12-8-17(20(26)25-30(27,28)15-6-3-7-15)19(23)10-16(12)13-9-18(22)21(24-11-13)29-14-4-2-5-14/h8-11,14-15H,2-7H2,1H3,(H,25,26). The number of hydrogen-bond acceptors (Lipinski definition) is 5. The molecule has 0 spiro atoms. The van der Waals surface area contributed by atoms with Gasteiger partial charge in [-0.1, -0.05) is 18.0 Å². The van der Waals surface area contributed by atoms with Crippen molar-refractivity contribution in [1.82, 2.24) is 9.71 Å². The predicted octanol–water partition coefficient (Wildman–Crippen LogP) is 4.39. The van der Waals surface area contributed by atoms with Gasteiger partial charge in [0.2, 0.25) is 15.9 Å². The van der Waals surface area contributed by atoms with Crippen LogP contribution in [0, 0.1) is 12.7 Å². The number of rotatable bonds is 6. The molecule has 0 atom stereocenters. The number of aryl methyl sites for hydroxylation is 1. The summed E-state index contributed by atoms with van der Waals surface area (Å²) in [4.78, 5) is 16.6. The SMILES string of the molecule is Cc1cc(C(=O)NS(=O)(=O)C2CCC2)c(F)cc1-c1cnc(OC2CCC2)c(Cl)c1. The Bertz CT molecular complexity index is 1100. The fourth-order valence-electron chi connectivity index (χ4n) is 3.42. The summed E-state index contributed by atoms with van der Waals surface area (Å²) in [7, 11) is -3.79. The van der Waals surface area contributed by atoms with E-state index in [2.05, 4.69) is 4.98 Å². The molecule has 6 nitrogen and oxygen atoms in total. The van der Waals surface area contributed by atoms with Gasteiger partial charge in [-0.3, -0.25) is 4.79 Å². The number of carbonyl (C=O) groups is 1. The molecule has 0 saturated heterocycles. The molecule has 2 aromatic rings. The zero-order valence-corrected chi connectivity index (χ0v) is 18.0. The van der Waals surface area contributed by atoms with Crippen molar-refractivity contribution in [1.29, 1.82) is 0 Å². The summed E-state index contributed by atoms with van der Waals surface area (Å²) in [6, 6.07) is 4.17. The number of nitrogens with one attached hydrogen (secondary N) is 1. The Kier molecular flexibility index (Phi) is 5.72. The Hall–Kier alpha value is -2.19. The molecule has 2 saturated carbocycles. The second kappa shape index (κ2) is 8.15. The molecule has 2 fully saturated rings. The maximum Gasteiger partial charge on any atom is 0.267 e. The maximum atomic E-state index is 14.7. The number of hydrogen-bond donors (Lipinski definition) is 1. The fourth-order valence-corrected chi connectivity index (χ4v) is 5.12. The fraction of sp³-hybridized carbons (Fsp3) is 0.429. The Morgan fingerprint density at radius 3 is 2.47 bits per heavy atom. The summed E-state index contributed by atoms with van der Waals surface area (Å²) in [5.74, 6) is -1.43. The average molecular weight is 453 g/mol. The van der Waals surface area contributed by atoms with E-state index in [9.17, 15) is 17.6 Å². The van der Waals surface area contributed by atoms with Gasteiger partial charge in [-0.2, -0.15) is 0 Å². The van der Waals surface area contributed by atoms with Gasteiger partial charge in [-0.05, 0) is 68.4 Å². The molecule has 0 unspecified atom stereocenters.